The van der Waals surface area contributed by atoms with Gasteiger partial charge in [0.25, 0.3) is 0 Å². The molecule has 2 saturated heterocycles. The molecule has 8 heteroatoms. The summed E-state index contributed by atoms with van der Waals surface area (Å²) in [6.07, 6.45) is 4.00. The van der Waals surface area contributed by atoms with Gasteiger partial charge in [-0.25, -0.2) is 9.97 Å². The molecule has 0 N–H and O–H groups in total. The zero-order chi connectivity index (χ0) is 16.0. The van der Waals surface area contributed by atoms with E-state index in [-0.39, 0.29) is 12.1 Å². The second kappa shape index (κ2) is 5.21. The normalized spacial score (nSPS) is 27.4. The van der Waals surface area contributed by atoms with E-state index >= 15 is 0 Å². The molecular formula is C15H16F3N5. The fourth-order valence-corrected chi connectivity index (χ4v) is 3.88. The highest BCUT2D eigenvalue weighted by atomic mass is 19.4. The van der Waals surface area contributed by atoms with Crippen LogP contribution in [0.25, 0.3) is 0 Å². The van der Waals surface area contributed by atoms with E-state index in [2.05, 4.69) is 20.0 Å². The minimum atomic E-state index is -4.44. The van der Waals surface area contributed by atoms with Gasteiger partial charge in [-0.3, -0.25) is 4.68 Å². The van der Waals surface area contributed by atoms with Gasteiger partial charge in [0.2, 0.25) is 0 Å². The maximum Gasteiger partial charge on any atom is 0.433 e. The molecule has 2 aromatic heterocycles. The first kappa shape index (κ1) is 14.5. The van der Waals surface area contributed by atoms with Crippen LogP contribution in [0, 0.1) is 0 Å². The van der Waals surface area contributed by atoms with E-state index in [1.165, 1.54) is 0 Å². The van der Waals surface area contributed by atoms with Gasteiger partial charge in [-0.15, -0.1) is 0 Å². The number of nitrogens with zero attached hydrogens (tertiary/aromatic N) is 5. The number of fused-ring (bicyclic) bond motifs is 2. The van der Waals surface area contributed by atoms with E-state index in [0.29, 0.717) is 11.9 Å². The summed E-state index contributed by atoms with van der Waals surface area (Å²) in [5.74, 6) is 0.388. The van der Waals surface area contributed by atoms with Crippen molar-refractivity contribution in [1.29, 1.82) is 0 Å². The molecule has 4 rings (SSSR count). The zero-order valence-corrected chi connectivity index (χ0v) is 12.3. The first-order valence-corrected chi connectivity index (χ1v) is 7.69. The van der Waals surface area contributed by atoms with Crippen molar-refractivity contribution in [2.75, 3.05) is 4.90 Å². The highest BCUT2D eigenvalue weighted by molar-refractivity contribution is 5.44. The van der Waals surface area contributed by atoms with Crippen LogP contribution in [0.5, 0.6) is 0 Å². The topological polar surface area (TPSA) is 46.8 Å². The molecule has 2 aliphatic heterocycles. The molecular weight excluding hydrogens is 307 g/mol. The van der Waals surface area contributed by atoms with Gasteiger partial charge in [-0.2, -0.15) is 18.3 Å². The predicted octanol–water partition coefficient (Wildman–Crippen LogP) is 3.06. The lowest BCUT2D eigenvalue weighted by atomic mass is 9.97. The SMILES string of the molecule is FC(F)(F)c1cc(N2C3CCC2CC(n2cccn2)C3)ncn1. The summed E-state index contributed by atoms with van der Waals surface area (Å²) in [4.78, 5) is 9.50. The van der Waals surface area contributed by atoms with Gasteiger partial charge in [0.1, 0.15) is 17.8 Å². The van der Waals surface area contributed by atoms with Crippen LogP contribution in [0.4, 0.5) is 19.0 Å². The Kier molecular flexibility index (Phi) is 3.28. The van der Waals surface area contributed by atoms with Crippen molar-refractivity contribution in [2.45, 2.75) is 50.0 Å². The molecule has 5 nitrogen and oxygen atoms in total. The average molecular weight is 323 g/mol. The molecule has 0 aromatic carbocycles. The second-order valence-corrected chi connectivity index (χ2v) is 6.16. The largest absolute Gasteiger partial charge is 0.433 e. The van der Waals surface area contributed by atoms with E-state index in [1.54, 1.807) is 6.20 Å². The van der Waals surface area contributed by atoms with Crippen molar-refractivity contribution in [3.8, 4) is 0 Å². The molecule has 23 heavy (non-hydrogen) atoms. The fourth-order valence-electron chi connectivity index (χ4n) is 3.88. The highest BCUT2D eigenvalue weighted by Gasteiger charge is 2.43. The Labute approximate surface area is 131 Å². The van der Waals surface area contributed by atoms with Crippen LogP contribution in [0.15, 0.2) is 30.9 Å². The van der Waals surface area contributed by atoms with Crippen LogP contribution in [-0.2, 0) is 6.18 Å². The summed E-state index contributed by atoms with van der Waals surface area (Å²) in [7, 11) is 0. The number of hydrogen-bond donors (Lipinski definition) is 0. The number of anilines is 1. The van der Waals surface area contributed by atoms with Crippen LogP contribution in [0.1, 0.15) is 37.4 Å². The average Bonchev–Trinajstić information content (AvgIpc) is 3.13. The molecule has 122 valence electrons. The second-order valence-electron chi connectivity index (χ2n) is 6.16. The number of hydrogen-bond acceptors (Lipinski definition) is 4. The highest BCUT2D eigenvalue weighted by Crippen LogP contribution is 2.43. The van der Waals surface area contributed by atoms with E-state index in [0.717, 1.165) is 38.1 Å². The lowest BCUT2D eigenvalue weighted by Gasteiger charge is -2.39. The Bertz CT molecular complexity index is 671. The standard InChI is InChI=1S/C15H16F3N5/c16-15(17,18)13-8-14(20-9-19-13)23-10-2-3-11(23)7-12(6-10)22-5-1-4-21-22/h1,4-5,8-12H,2-3,6-7H2. The van der Waals surface area contributed by atoms with Gasteiger partial charge in [0, 0.05) is 30.5 Å². The monoisotopic (exact) mass is 323 g/mol. The van der Waals surface area contributed by atoms with Gasteiger partial charge in [0.05, 0.1) is 6.04 Å². The van der Waals surface area contributed by atoms with Crippen molar-refractivity contribution in [1.82, 2.24) is 19.7 Å². The van der Waals surface area contributed by atoms with Crippen LogP contribution in [-0.4, -0.2) is 31.8 Å². The molecule has 0 radical (unpaired) electrons. The molecule has 2 fully saturated rings. The molecule has 0 amide bonds. The van der Waals surface area contributed by atoms with Crippen molar-refractivity contribution in [3.05, 3.63) is 36.5 Å². The number of alkyl halides is 3. The quantitative estimate of drug-likeness (QED) is 0.852. The molecule has 2 bridgehead atoms. The van der Waals surface area contributed by atoms with Crippen molar-refractivity contribution < 1.29 is 13.2 Å². The van der Waals surface area contributed by atoms with Crippen molar-refractivity contribution >= 4 is 5.82 Å². The van der Waals surface area contributed by atoms with Gasteiger partial charge in [-0.05, 0) is 31.7 Å². The minimum absolute atomic E-state index is 0.207. The Balaban J connectivity index is 1.60. The zero-order valence-electron chi connectivity index (χ0n) is 12.3. The third-order valence-corrected chi connectivity index (χ3v) is 4.81. The molecule has 2 unspecified atom stereocenters. The summed E-state index contributed by atoms with van der Waals surface area (Å²) in [5.41, 5.74) is -0.879. The van der Waals surface area contributed by atoms with Crippen molar-refractivity contribution in [2.24, 2.45) is 0 Å². The molecule has 2 atom stereocenters. The summed E-state index contributed by atoms with van der Waals surface area (Å²) in [5, 5.41) is 4.30. The maximum atomic E-state index is 12.9. The number of halogens is 3. The van der Waals surface area contributed by atoms with E-state index in [4.69, 9.17) is 0 Å². The van der Waals surface area contributed by atoms with Gasteiger partial charge < -0.3 is 4.90 Å². The molecule has 0 aliphatic carbocycles. The molecule has 2 aromatic rings. The van der Waals surface area contributed by atoms with Crippen LogP contribution < -0.4 is 4.90 Å². The molecule has 2 aliphatic rings. The number of aromatic nitrogens is 4. The van der Waals surface area contributed by atoms with Crippen LogP contribution in [0.3, 0.4) is 0 Å². The first-order valence-electron chi connectivity index (χ1n) is 7.69. The van der Waals surface area contributed by atoms with Gasteiger partial charge in [-0.1, -0.05) is 0 Å². The Morgan fingerprint density at radius 2 is 1.78 bits per heavy atom. The van der Waals surface area contributed by atoms with Crippen molar-refractivity contribution in [3.63, 3.8) is 0 Å². The van der Waals surface area contributed by atoms with Gasteiger partial charge in [0.15, 0.2) is 0 Å². The van der Waals surface area contributed by atoms with Crippen LogP contribution >= 0.6 is 0 Å². The summed E-state index contributed by atoms with van der Waals surface area (Å²) >= 11 is 0. The molecule has 0 spiro atoms. The Morgan fingerprint density at radius 1 is 1.04 bits per heavy atom. The van der Waals surface area contributed by atoms with E-state index in [1.807, 2.05) is 16.9 Å². The summed E-state index contributed by atoms with van der Waals surface area (Å²) in [6.45, 7) is 0. The lowest BCUT2D eigenvalue weighted by molar-refractivity contribution is -0.141. The fraction of sp³-hybridized carbons (Fsp3) is 0.533. The maximum absolute atomic E-state index is 12.9. The molecule has 4 heterocycles. The van der Waals surface area contributed by atoms with E-state index in [9.17, 15) is 13.2 Å². The van der Waals surface area contributed by atoms with Crippen LogP contribution in [0.2, 0.25) is 0 Å². The molecule has 0 saturated carbocycles. The smallest absolute Gasteiger partial charge is 0.350 e. The third-order valence-electron chi connectivity index (χ3n) is 4.81. The predicted molar refractivity (Wildman–Crippen MR) is 76.8 cm³/mol. The lowest BCUT2D eigenvalue weighted by Crippen LogP contribution is -2.44. The van der Waals surface area contributed by atoms with Gasteiger partial charge >= 0.3 is 6.18 Å². The minimum Gasteiger partial charge on any atom is -0.350 e. The summed E-state index contributed by atoms with van der Waals surface area (Å²) < 4.78 is 40.6. The Morgan fingerprint density at radius 3 is 2.39 bits per heavy atom. The summed E-state index contributed by atoms with van der Waals surface area (Å²) in [6, 6.07) is 3.69. The third kappa shape index (κ3) is 2.55. The first-order chi connectivity index (χ1) is 11.0. The number of rotatable bonds is 2. The number of piperidine rings is 1. The Hall–Kier alpha value is -2.12. The van der Waals surface area contributed by atoms with E-state index < -0.39 is 11.9 Å².